The highest BCUT2D eigenvalue weighted by Gasteiger charge is 2.06. The molecule has 0 bridgehead atoms. The summed E-state index contributed by atoms with van der Waals surface area (Å²) >= 11 is 0. The molecule has 0 saturated carbocycles. The van der Waals surface area contributed by atoms with E-state index in [4.69, 9.17) is 4.52 Å². The first kappa shape index (κ1) is 14.1. The lowest BCUT2D eigenvalue weighted by molar-refractivity contribution is 0.199. The molecule has 0 spiro atoms. The standard InChI is InChI=1S/C14H17N3O3/c1-9-6-13(20-17-9)8-15-14(19)16-12-5-3-4-11(7-12)10(2)18/h3-7,10,18H,8H2,1-2H3,(H2,15,16,19). The van der Waals surface area contributed by atoms with Gasteiger partial charge in [0.25, 0.3) is 0 Å². The second-order valence-corrected chi connectivity index (χ2v) is 4.54. The van der Waals surface area contributed by atoms with Gasteiger partial charge in [0.1, 0.15) is 0 Å². The highest BCUT2D eigenvalue weighted by Crippen LogP contribution is 2.16. The van der Waals surface area contributed by atoms with Crippen LogP contribution >= 0.6 is 0 Å². The molecule has 0 saturated heterocycles. The predicted molar refractivity (Wildman–Crippen MR) is 74.2 cm³/mol. The van der Waals surface area contributed by atoms with Crippen molar-refractivity contribution >= 4 is 11.7 Å². The van der Waals surface area contributed by atoms with E-state index in [1.54, 1.807) is 37.3 Å². The predicted octanol–water partition coefficient (Wildman–Crippen LogP) is 2.36. The van der Waals surface area contributed by atoms with Crippen LogP contribution in [0.5, 0.6) is 0 Å². The number of nitrogens with one attached hydrogen (secondary N) is 2. The molecule has 0 aliphatic heterocycles. The van der Waals surface area contributed by atoms with Crippen molar-refractivity contribution in [3.63, 3.8) is 0 Å². The Balaban J connectivity index is 1.89. The van der Waals surface area contributed by atoms with E-state index in [2.05, 4.69) is 15.8 Å². The molecule has 2 aromatic rings. The molecule has 106 valence electrons. The van der Waals surface area contributed by atoms with Gasteiger partial charge in [-0.2, -0.15) is 0 Å². The van der Waals surface area contributed by atoms with Gasteiger partial charge in [0, 0.05) is 11.8 Å². The molecule has 1 atom stereocenters. The van der Waals surface area contributed by atoms with Gasteiger partial charge in [0.2, 0.25) is 0 Å². The van der Waals surface area contributed by atoms with Gasteiger partial charge in [-0.15, -0.1) is 0 Å². The van der Waals surface area contributed by atoms with Crippen molar-refractivity contribution in [2.75, 3.05) is 5.32 Å². The van der Waals surface area contributed by atoms with Crippen LogP contribution in [0.2, 0.25) is 0 Å². The SMILES string of the molecule is Cc1cc(CNC(=O)Nc2cccc(C(C)O)c2)on1. The fourth-order valence-corrected chi connectivity index (χ4v) is 1.72. The molecule has 0 fully saturated rings. The topological polar surface area (TPSA) is 87.4 Å². The van der Waals surface area contributed by atoms with E-state index in [-0.39, 0.29) is 12.6 Å². The second kappa shape index (κ2) is 6.21. The number of urea groups is 1. The number of carbonyl (C=O) groups excluding carboxylic acids is 1. The molecule has 1 heterocycles. The van der Waals surface area contributed by atoms with Crippen LogP contribution < -0.4 is 10.6 Å². The van der Waals surface area contributed by atoms with Crippen molar-refractivity contribution in [3.05, 3.63) is 47.3 Å². The van der Waals surface area contributed by atoms with Gasteiger partial charge in [-0.1, -0.05) is 17.3 Å². The largest absolute Gasteiger partial charge is 0.389 e. The van der Waals surface area contributed by atoms with E-state index in [1.807, 2.05) is 6.92 Å². The summed E-state index contributed by atoms with van der Waals surface area (Å²) in [4.78, 5) is 11.7. The fraction of sp³-hybridized carbons (Fsp3) is 0.286. The summed E-state index contributed by atoms with van der Waals surface area (Å²) in [5.41, 5.74) is 2.13. The lowest BCUT2D eigenvalue weighted by Crippen LogP contribution is -2.28. The quantitative estimate of drug-likeness (QED) is 0.799. The van der Waals surface area contributed by atoms with Crippen molar-refractivity contribution in [1.29, 1.82) is 0 Å². The zero-order valence-corrected chi connectivity index (χ0v) is 11.4. The van der Waals surface area contributed by atoms with Crippen molar-refractivity contribution in [1.82, 2.24) is 10.5 Å². The highest BCUT2D eigenvalue weighted by molar-refractivity contribution is 5.89. The summed E-state index contributed by atoms with van der Waals surface area (Å²) in [6, 6.07) is 8.46. The molecule has 2 rings (SSSR count). The van der Waals surface area contributed by atoms with E-state index in [1.165, 1.54) is 0 Å². The third kappa shape index (κ3) is 3.83. The number of amides is 2. The van der Waals surface area contributed by atoms with Crippen molar-refractivity contribution in [2.24, 2.45) is 0 Å². The fourth-order valence-electron chi connectivity index (χ4n) is 1.72. The first-order valence-corrected chi connectivity index (χ1v) is 6.29. The number of carbonyl (C=O) groups is 1. The normalized spacial score (nSPS) is 11.9. The van der Waals surface area contributed by atoms with E-state index < -0.39 is 6.10 Å². The summed E-state index contributed by atoms with van der Waals surface area (Å²) in [7, 11) is 0. The number of benzene rings is 1. The minimum absolute atomic E-state index is 0.267. The smallest absolute Gasteiger partial charge is 0.319 e. The molecular formula is C14H17N3O3. The molecule has 6 heteroatoms. The van der Waals surface area contributed by atoms with Gasteiger partial charge < -0.3 is 20.3 Å². The van der Waals surface area contributed by atoms with Gasteiger partial charge in [0.05, 0.1) is 18.3 Å². The van der Waals surface area contributed by atoms with Crippen LogP contribution in [0.15, 0.2) is 34.9 Å². The number of aliphatic hydroxyl groups excluding tert-OH is 1. The molecule has 0 aliphatic rings. The monoisotopic (exact) mass is 275 g/mol. The summed E-state index contributed by atoms with van der Waals surface area (Å²) in [6.07, 6.45) is -0.572. The average molecular weight is 275 g/mol. The van der Waals surface area contributed by atoms with Crippen molar-refractivity contribution < 1.29 is 14.4 Å². The van der Waals surface area contributed by atoms with Gasteiger partial charge in [-0.05, 0) is 31.5 Å². The summed E-state index contributed by atoms with van der Waals surface area (Å²) in [5, 5.41) is 18.6. The lowest BCUT2D eigenvalue weighted by Gasteiger charge is -2.09. The lowest BCUT2D eigenvalue weighted by atomic mass is 10.1. The number of rotatable bonds is 4. The van der Waals surface area contributed by atoms with Gasteiger partial charge in [0.15, 0.2) is 5.76 Å². The van der Waals surface area contributed by atoms with Crippen LogP contribution in [0.1, 0.15) is 30.0 Å². The molecule has 6 nitrogen and oxygen atoms in total. The number of anilines is 1. The number of aromatic nitrogens is 1. The number of hydrogen-bond acceptors (Lipinski definition) is 4. The van der Waals surface area contributed by atoms with Crippen molar-refractivity contribution in [2.45, 2.75) is 26.5 Å². The Hall–Kier alpha value is -2.34. The molecule has 1 aromatic carbocycles. The Labute approximate surface area is 116 Å². The summed E-state index contributed by atoms with van der Waals surface area (Å²) in [5.74, 6) is 0.593. The Kier molecular flexibility index (Phi) is 4.37. The van der Waals surface area contributed by atoms with Crippen molar-refractivity contribution in [3.8, 4) is 0 Å². The number of nitrogens with zero attached hydrogens (tertiary/aromatic N) is 1. The maximum Gasteiger partial charge on any atom is 0.319 e. The van der Waals surface area contributed by atoms with E-state index in [0.29, 0.717) is 11.4 Å². The Morgan fingerprint density at radius 1 is 1.45 bits per heavy atom. The minimum Gasteiger partial charge on any atom is -0.389 e. The molecular weight excluding hydrogens is 258 g/mol. The minimum atomic E-state index is -0.572. The van der Waals surface area contributed by atoms with Gasteiger partial charge in [-0.3, -0.25) is 0 Å². The Morgan fingerprint density at radius 2 is 2.25 bits per heavy atom. The maximum absolute atomic E-state index is 11.7. The van der Waals surface area contributed by atoms with E-state index >= 15 is 0 Å². The van der Waals surface area contributed by atoms with Gasteiger partial charge in [-0.25, -0.2) is 4.79 Å². The molecule has 0 aliphatic carbocycles. The Bertz CT molecular complexity index is 593. The van der Waals surface area contributed by atoms with Crippen LogP contribution in [0, 0.1) is 6.92 Å². The zero-order valence-electron chi connectivity index (χ0n) is 11.4. The van der Waals surface area contributed by atoms with Gasteiger partial charge >= 0.3 is 6.03 Å². The van der Waals surface area contributed by atoms with E-state index in [9.17, 15) is 9.90 Å². The number of hydrogen-bond donors (Lipinski definition) is 3. The van der Waals surface area contributed by atoms with Crippen LogP contribution in [-0.2, 0) is 6.54 Å². The zero-order chi connectivity index (χ0) is 14.5. The third-order valence-corrected chi connectivity index (χ3v) is 2.73. The maximum atomic E-state index is 11.7. The number of aliphatic hydroxyl groups is 1. The summed E-state index contributed by atoms with van der Waals surface area (Å²) in [6.45, 7) is 3.75. The first-order chi connectivity index (χ1) is 9.54. The van der Waals surface area contributed by atoms with E-state index in [0.717, 1.165) is 11.3 Å². The number of aryl methyl sites for hydroxylation is 1. The molecule has 2 amide bonds. The summed E-state index contributed by atoms with van der Waals surface area (Å²) < 4.78 is 4.99. The Morgan fingerprint density at radius 3 is 2.90 bits per heavy atom. The van der Waals surface area contributed by atoms with Crippen LogP contribution in [0.3, 0.4) is 0 Å². The average Bonchev–Trinajstić information content (AvgIpc) is 2.82. The molecule has 1 aromatic heterocycles. The molecule has 1 unspecified atom stereocenters. The second-order valence-electron chi connectivity index (χ2n) is 4.54. The van der Waals surface area contributed by atoms with Crippen LogP contribution in [0.4, 0.5) is 10.5 Å². The molecule has 0 radical (unpaired) electrons. The van der Waals surface area contributed by atoms with Crippen LogP contribution in [0.25, 0.3) is 0 Å². The molecule has 20 heavy (non-hydrogen) atoms. The highest BCUT2D eigenvalue weighted by atomic mass is 16.5. The third-order valence-electron chi connectivity index (χ3n) is 2.73. The first-order valence-electron chi connectivity index (χ1n) is 6.29. The van der Waals surface area contributed by atoms with Crippen LogP contribution in [-0.4, -0.2) is 16.3 Å². The molecule has 3 N–H and O–H groups in total.